The fourth-order valence-electron chi connectivity index (χ4n) is 3.41. The summed E-state index contributed by atoms with van der Waals surface area (Å²) >= 11 is 0. The van der Waals surface area contributed by atoms with Crippen molar-refractivity contribution in [2.45, 2.75) is 31.3 Å². The number of morpholine rings is 1. The van der Waals surface area contributed by atoms with Crippen LogP contribution in [0.5, 0.6) is 0 Å². The lowest BCUT2D eigenvalue weighted by Crippen LogP contribution is -2.50. The number of nitrogens with two attached hydrogens (primary N) is 1. The lowest BCUT2D eigenvalue weighted by molar-refractivity contribution is -0.0502. The molecule has 1 saturated carbocycles. The van der Waals surface area contributed by atoms with E-state index in [1.807, 2.05) is 0 Å². The number of H-pyrrole nitrogens is 1. The van der Waals surface area contributed by atoms with E-state index in [1.165, 1.54) is 12.8 Å². The van der Waals surface area contributed by atoms with Crippen molar-refractivity contribution >= 4 is 22.9 Å². The summed E-state index contributed by atoms with van der Waals surface area (Å²) in [7, 11) is 0. The van der Waals surface area contributed by atoms with Crippen LogP contribution in [-0.2, 0) is 4.74 Å². The molecule has 0 bridgehead atoms. The lowest BCUT2D eigenvalue weighted by Gasteiger charge is -2.41. The second kappa shape index (κ2) is 4.31. The minimum atomic E-state index is 0.00427. The molecule has 3 N–H and O–H groups in total. The molecule has 2 fully saturated rings. The third-order valence-corrected chi connectivity index (χ3v) is 4.35. The number of aromatic nitrogens is 4. The van der Waals surface area contributed by atoms with Crippen molar-refractivity contribution in [2.75, 3.05) is 30.3 Å². The molecule has 7 nitrogen and oxygen atoms in total. The molecule has 0 radical (unpaired) electrons. The van der Waals surface area contributed by atoms with E-state index in [4.69, 9.17) is 10.5 Å². The van der Waals surface area contributed by atoms with Gasteiger partial charge in [-0.2, -0.15) is 9.97 Å². The minimum absolute atomic E-state index is 0.00427. The van der Waals surface area contributed by atoms with Gasteiger partial charge in [0.15, 0.2) is 11.5 Å². The molecule has 2 aliphatic rings. The van der Waals surface area contributed by atoms with Gasteiger partial charge in [0.05, 0.1) is 18.5 Å². The first-order chi connectivity index (χ1) is 9.76. The molecule has 106 valence electrons. The van der Waals surface area contributed by atoms with E-state index >= 15 is 0 Å². The molecule has 1 aliphatic carbocycles. The van der Waals surface area contributed by atoms with Crippen LogP contribution in [0.2, 0.25) is 0 Å². The number of hydrogen-bond acceptors (Lipinski definition) is 6. The third kappa shape index (κ3) is 1.81. The summed E-state index contributed by atoms with van der Waals surface area (Å²) < 4.78 is 6.06. The Morgan fingerprint density at radius 2 is 2.15 bits per heavy atom. The quantitative estimate of drug-likeness (QED) is 0.808. The van der Waals surface area contributed by atoms with E-state index in [2.05, 4.69) is 24.8 Å². The summed E-state index contributed by atoms with van der Waals surface area (Å²) in [5, 5.41) is 0. The van der Waals surface area contributed by atoms with Crippen molar-refractivity contribution in [1.29, 1.82) is 0 Å². The van der Waals surface area contributed by atoms with Gasteiger partial charge in [-0.3, -0.25) is 0 Å². The largest absolute Gasteiger partial charge is 0.371 e. The van der Waals surface area contributed by atoms with Crippen LogP contribution in [0.1, 0.15) is 25.7 Å². The van der Waals surface area contributed by atoms with Crippen LogP contribution >= 0.6 is 0 Å². The molecule has 2 aromatic rings. The zero-order chi connectivity index (χ0) is 13.6. The number of rotatable bonds is 1. The molecule has 7 heteroatoms. The smallest absolute Gasteiger partial charge is 0.224 e. The first-order valence-electron chi connectivity index (χ1n) is 7.11. The Balaban J connectivity index is 1.73. The van der Waals surface area contributed by atoms with Crippen LogP contribution in [0.4, 0.5) is 11.8 Å². The van der Waals surface area contributed by atoms with Gasteiger partial charge in [0, 0.05) is 13.1 Å². The van der Waals surface area contributed by atoms with Gasteiger partial charge in [0.2, 0.25) is 5.95 Å². The Bertz CT molecular complexity index is 633. The predicted molar refractivity (Wildman–Crippen MR) is 75.5 cm³/mol. The fraction of sp³-hybridized carbons (Fsp3) is 0.615. The third-order valence-electron chi connectivity index (χ3n) is 4.35. The minimum Gasteiger partial charge on any atom is -0.371 e. The average Bonchev–Trinajstić information content (AvgIpc) is 3.07. The molecule has 0 amide bonds. The maximum atomic E-state index is 6.06. The van der Waals surface area contributed by atoms with Crippen molar-refractivity contribution in [3.63, 3.8) is 0 Å². The summed E-state index contributed by atoms with van der Waals surface area (Å²) in [4.78, 5) is 18.1. The molecule has 3 heterocycles. The van der Waals surface area contributed by atoms with E-state index in [1.54, 1.807) is 6.33 Å². The van der Waals surface area contributed by atoms with E-state index in [0.29, 0.717) is 5.65 Å². The van der Waals surface area contributed by atoms with Gasteiger partial charge < -0.3 is 20.4 Å². The zero-order valence-electron chi connectivity index (χ0n) is 11.3. The molecule has 0 unspecified atom stereocenters. The van der Waals surface area contributed by atoms with Crippen molar-refractivity contribution in [2.24, 2.45) is 0 Å². The molecule has 1 aliphatic heterocycles. The number of anilines is 2. The summed E-state index contributed by atoms with van der Waals surface area (Å²) in [5.74, 6) is 1.12. The van der Waals surface area contributed by atoms with Crippen LogP contribution in [0.15, 0.2) is 6.33 Å². The Kier molecular flexibility index (Phi) is 2.56. The monoisotopic (exact) mass is 274 g/mol. The number of aromatic amines is 1. The Hall–Kier alpha value is -1.89. The van der Waals surface area contributed by atoms with Gasteiger partial charge >= 0.3 is 0 Å². The predicted octanol–water partition coefficient (Wildman–Crippen LogP) is 1.08. The number of nitrogens with zero attached hydrogens (tertiary/aromatic N) is 4. The highest BCUT2D eigenvalue weighted by molar-refractivity contribution is 5.84. The highest BCUT2D eigenvalue weighted by Crippen LogP contribution is 2.37. The summed E-state index contributed by atoms with van der Waals surface area (Å²) in [6.45, 7) is 2.43. The van der Waals surface area contributed by atoms with Gasteiger partial charge in [-0.1, -0.05) is 12.8 Å². The number of nitrogens with one attached hydrogen (secondary N) is 1. The fourth-order valence-corrected chi connectivity index (χ4v) is 3.41. The standard InChI is InChI=1S/C13H18N6O/c14-12-17-10-9(15-8-16-10)11(18-12)19-5-6-20-13(7-19)3-1-2-4-13/h8H,1-7H2,(H3,14,15,16,17,18). The lowest BCUT2D eigenvalue weighted by atomic mass is 10.00. The van der Waals surface area contributed by atoms with E-state index < -0.39 is 0 Å². The van der Waals surface area contributed by atoms with Gasteiger partial charge in [-0.25, -0.2) is 4.98 Å². The first kappa shape index (κ1) is 11.9. The van der Waals surface area contributed by atoms with Crippen LogP contribution < -0.4 is 10.6 Å². The Morgan fingerprint density at radius 1 is 1.30 bits per heavy atom. The maximum Gasteiger partial charge on any atom is 0.224 e. The second-order valence-corrected chi connectivity index (χ2v) is 5.67. The normalized spacial score (nSPS) is 21.9. The number of nitrogen functional groups attached to an aromatic ring is 1. The highest BCUT2D eigenvalue weighted by Gasteiger charge is 2.40. The number of ether oxygens (including phenoxy) is 1. The van der Waals surface area contributed by atoms with E-state index in [0.717, 1.165) is 43.9 Å². The molecule has 1 saturated heterocycles. The number of hydrogen-bond donors (Lipinski definition) is 2. The molecule has 20 heavy (non-hydrogen) atoms. The van der Waals surface area contributed by atoms with Gasteiger partial charge in [0.25, 0.3) is 0 Å². The first-order valence-corrected chi connectivity index (χ1v) is 7.11. The molecule has 0 atom stereocenters. The van der Waals surface area contributed by atoms with E-state index in [-0.39, 0.29) is 11.5 Å². The molecule has 0 aromatic carbocycles. The van der Waals surface area contributed by atoms with Crippen molar-refractivity contribution in [1.82, 2.24) is 19.9 Å². The van der Waals surface area contributed by atoms with Crippen LogP contribution in [-0.4, -0.2) is 45.2 Å². The SMILES string of the molecule is Nc1nc(N2CCOC3(CCCC3)C2)c2[nH]cnc2n1. The average molecular weight is 274 g/mol. The number of imidazole rings is 1. The topological polar surface area (TPSA) is 92.9 Å². The van der Waals surface area contributed by atoms with Crippen molar-refractivity contribution < 1.29 is 4.74 Å². The summed E-state index contributed by atoms with van der Waals surface area (Å²) in [6, 6.07) is 0. The highest BCUT2D eigenvalue weighted by atomic mass is 16.5. The van der Waals surface area contributed by atoms with Gasteiger partial charge in [0.1, 0.15) is 5.52 Å². The Morgan fingerprint density at radius 3 is 3.00 bits per heavy atom. The number of fused-ring (bicyclic) bond motifs is 1. The second-order valence-electron chi connectivity index (χ2n) is 5.67. The van der Waals surface area contributed by atoms with Crippen LogP contribution in [0.3, 0.4) is 0 Å². The summed E-state index contributed by atoms with van der Waals surface area (Å²) in [5.41, 5.74) is 7.29. The molecule has 4 rings (SSSR count). The maximum absolute atomic E-state index is 6.06. The van der Waals surface area contributed by atoms with E-state index in [9.17, 15) is 0 Å². The van der Waals surface area contributed by atoms with Crippen molar-refractivity contribution in [3.8, 4) is 0 Å². The van der Waals surface area contributed by atoms with Crippen molar-refractivity contribution in [3.05, 3.63) is 6.33 Å². The van der Waals surface area contributed by atoms with Crippen LogP contribution in [0, 0.1) is 0 Å². The van der Waals surface area contributed by atoms with Gasteiger partial charge in [-0.05, 0) is 12.8 Å². The molecular weight excluding hydrogens is 256 g/mol. The molecule has 1 spiro atoms. The zero-order valence-corrected chi connectivity index (χ0v) is 11.3. The summed E-state index contributed by atoms with van der Waals surface area (Å²) in [6.07, 6.45) is 6.40. The van der Waals surface area contributed by atoms with Gasteiger partial charge in [-0.15, -0.1) is 0 Å². The Labute approximate surface area is 116 Å². The van der Waals surface area contributed by atoms with Crippen LogP contribution in [0.25, 0.3) is 11.2 Å². The molecule has 2 aromatic heterocycles. The molecular formula is C13H18N6O.